The Morgan fingerprint density at radius 2 is 2.11 bits per heavy atom. The van der Waals surface area contributed by atoms with Crippen LogP contribution in [0.2, 0.25) is 0 Å². The molecule has 27 heavy (non-hydrogen) atoms. The van der Waals surface area contributed by atoms with E-state index in [2.05, 4.69) is 31.1 Å². The lowest BCUT2D eigenvalue weighted by Gasteiger charge is -2.66. The van der Waals surface area contributed by atoms with Crippen molar-refractivity contribution < 1.29 is 9.53 Å². The summed E-state index contributed by atoms with van der Waals surface area (Å²) in [6.07, 6.45) is 11.6. The van der Waals surface area contributed by atoms with Gasteiger partial charge in [0.25, 0.3) is 0 Å². The van der Waals surface area contributed by atoms with E-state index in [4.69, 9.17) is 4.74 Å². The highest BCUT2D eigenvalue weighted by Crippen LogP contribution is 2.65. The third-order valence-corrected chi connectivity index (χ3v) is 6.98. The molecule has 1 unspecified atom stereocenters. The monoisotopic (exact) mass is 365 g/mol. The number of nitrogens with zero attached hydrogens (tertiary/aromatic N) is 1. The van der Waals surface area contributed by atoms with Gasteiger partial charge in [0.05, 0.1) is 0 Å². The number of rotatable bonds is 4. The van der Waals surface area contributed by atoms with Crippen molar-refractivity contribution in [3.63, 3.8) is 0 Å². The molecule has 3 aliphatic rings. The summed E-state index contributed by atoms with van der Waals surface area (Å²) in [4.78, 5) is 14.6. The molecular weight excluding hydrogens is 334 g/mol. The van der Waals surface area contributed by atoms with Crippen molar-refractivity contribution in [1.29, 1.82) is 0 Å². The van der Waals surface area contributed by atoms with E-state index in [-0.39, 0.29) is 5.97 Å². The van der Waals surface area contributed by atoms with Crippen molar-refractivity contribution in [2.24, 2.45) is 11.8 Å². The van der Waals surface area contributed by atoms with Crippen LogP contribution < -0.4 is 4.74 Å². The molecule has 0 aliphatic heterocycles. The van der Waals surface area contributed by atoms with E-state index in [1.807, 2.05) is 26.0 Å². The van der Waals surface area contributed by atoms with E-state index in [0.29, 0.717) is 17.2 Å². The zero-order valence-corrected chi connectivity index (χ0v) is 17.0. The Bertz CT molecular complexity index is 799. The van der Waals surface area contributed by atoms with Crippen LogP contribution in [-0.2, 0) is 16.6 Å². The number of fused-ring (bicyclic) bond motifs is 3. The largest absolute Gasteiger partial charge is 0.423 e. The van der Waals surface area contributed by atoms with E-state index < -0.39 is 0 Å². The van der Waals surface area contributed by atoms with E-state index >= 15 is 0 Å². The number of esters is 1. The van der Waals surface area contributed by atoms with E-state index in [9.17, 15) is 4.79 Å². The van der Waals surface area contributed by atoms with Crippen LogP contribution in [0.3, 0.4) is 0 Å². The second kappa shape index (κ2) is 6.94. The minimum Gasteiger partial charge on any atom is -0.423 e. The Hall–Kier alpha value is -1.87. The van der Waals surface area contributed by atoms with Gasteiger partial charge in [-0.2, -0.15) is 0 Å². The normalized spacial score (nSPS) is 31.1. The van der Waals surface area contributed by atoms with Gasteiger partial charge in [-0.25, -0.2) is 4.79 Å². The summed E-state index contributed by atoms with van der Waals surface area (Å²) in [6.45, 7) is 4.01. The van der Waals surface area contributed by atoms with Gasteiger partial charge in [-0.1, -0.05) is 36.6 Å². The fraction of sp³-hybridized carbons (Fsp3) is 0.542. The number of carbonyl (C=O) groups excluding carboxylic acids is 1. The van der Waals surface area contributed by atoms with E-state index in [1.165, 1.54) is 42.9 Å². The fourth-order valence-electron chi connectivity index (χ4n) is 5.94. The highest BCUT2D eigenvalue weighted by atomic mass is 16.5. The zero-order chi connectivity index (χ0) is 19.2. The maximum absolute atomic E-state index is 12.1. The van der Waals surface area contributed by atoms with Gasteiger partial charge in [-0.3, -0.25) is 0 Å². The van der Waals surface area contributed by atoms with Gasteiger partial charge >= 0.3 is 5.97 Å². The molecule has 2 fully saturated rings. The van der Waals surface area contributed by atoms with Gasteiger partial charge in [0.1, 0.15) is 5.75 Å². The Kier molecular flexibility index (Phi) is 4.75. The Labute approximate surface area is 163 Å². The topological polar surface area (TPSA) is 29.5 Å². The molecule has 3 aliphatic carbocycles. The molecule has 4 rings (SSSR count). The Morgan fingerprint density at radius 1 is 1.30 bits per heavy atom. The number of ether oxygens (including phenoxy) is 1. The summed E-state index contributed by atoms with van der Waals surface area (Å²) < 4.78 is 5.61. The second-order valence-electron chi connectivity index (χ2n) is 9.12. The molecule has 1 aromatic carbocycles. The number of hydrogen-bond acceptors (Lipinski definition) is 3. The molecule has 0 amide bonds. The molecule has 4 atom stereocenters. The molecule has 1 aromatic rings. The summed E-state index contributed by atoms with van der Waals surface area (Å²) in [5.74, 6) is 2.01. The number of allylic oxidation sites excluding steroid dienone is 3. The number of carbonyl (C=O) groups is 1. The first kappa shape index (κ1) is 18.5. The van der Waals surface area contributed by atoms with Crippen LogP contribution in [0, 0.1) is 11.8 Å². The Morgan fingerprint density at radius 3 is 2.81 bits per heavy atom. The standard InChI is InChI=1S/C24H31NO2/c1-16(2)7-5-9-22(26)27-19-11-10-17-13-21(25(3)4)23-18-8-6-12-24(23,15-18)20(17)14-19/h5,7,9-11,14,18,21,23H,6,8,12-13,15H2,1-4H3/b9-5+/t18?,21-,23+,24+/m0/s1. The second-order valence-corrected chi connectivity index (χ2v) is 9.12. The van der Waals surface area contributed by atoms with Gasteiger partial charge in [-0.15, -0.1) is 0 Å². The predicted octanol–water partition coefficient (Wildman–Crippen LogP) is 4.66. The van der Waals surface area contributed by atoms with E-state index in [0.717, 1.165) is 23.8 Å². The third-order valence-electron chi connectivity index (χ3n) is 6.98. The minimum atomic E-state index is -0.307. The SMILES string of the molecule is CC(C)=C/C=C/C(=O)Oc1ccc2c(c1)[C@@]13CCCC(C1)[C@@H]3[C@@H](N(C)C)C2. The van der Waals surface area contributed by atoms with Gasteiger partial charge in [0, 0.05) is 17.5 Å². The summed E-state index contributed by atoms with van der Waals surface area (Å²) in [6, 6.07) is 6.97. The van der Waals surface area contributed by atoms with Crippen LogP contribution in [0.4, 0.5) is 0 Å². The molecular formula is C24H31NO2. The summed E-state index contributed by atoms with van der Waals surface area (Å²) in [7, 11) is 4.46. The van der Waals surface area contributed by atoms with Crippen LogP contribution in [-0.4, -0.2) is 31.0 Å². The van der Waals surface area contributed by atoms with Gasteiger partial charge in [0.2, 0.25) is 0 Å². The lowest BCUT2D eigenvalue weighted by molar-refractivity contribution is -0.129. The molecule has 2 bridgehead atoms. The van der Waals surface area contributed by atoms with Crippen LogP contribution in [0.15, 0.2) is 42.0 Å². The lowest BCUT2D eigenvalue weighted by Crippen LogP contribution is -2.64. The summed E-state index contributed by atoms with van der Waals surface area (Å²) in [5, 5.41) is 0. The molecule has 144 valence electrons. The highest BCUT2D eigenvalue weighted by molar-refractivity contribution is 5.84. The maximum Gasteiger partial charge on any atom is 0.336 e. The van der Waals surface area contributed by atoms with Crippen molar-refractivity contribution in [2.75, 3.05) is 14.1 Å². The first-order valence-electron chi connectivity index (χ1n) is 10.2. The van der Waals surface area contributed by atoms with Crippen molar-refractivity contribution >= 4 is 5.97 Å². The third kappa shape index (κ3) is 3.16. The lowest BCUT2D eigenvalue weighted by atomic mass is 9.40. The molecule has 0 N–H and O–H groups in total. The van der Waals surface area contributed by atoms with Crippen LogP contribution in [0.5, 0.6) is 5.75 Å². The predicted molar refractivity (Wildman–Crippen MR) is 109 cm³/mol. The number of hydrogen-bond donors (Lipinski definition) is 0. The number of likely N-dealkylation sites (N-methyl/N-ethyl adjacent to an activating group) is 1. The Balaban J connectivity index is 1.61. The quantitative estimate of drug-likeness (QED) is 0.336. The average Bonchev–Trinajstić information content (AvgIpc) is 2.61. The fourth-order valence-corrected chi connectivity index (χ4v) is 5.94. The van der Waals surface area contributed by atoms with Crippen molar-refractivity contribution in [2.45, 2.75) is 57.4 Å². The first-order chi connectivity index (χ1) is 12.9. The average molecular weight is 366 g/mol. The molecule has 1 spiro atoms. The van der Waals surface area contributed by atoms with Crippen LogP contribution >= 0.6 is 0 Å². The van der Waals surface area contributed by atoms with Crippen molar-refractivity contribution in [1.82, 2.24) is 4.90 Å². The number of benzene rings is 1. The maximum atomic E-state index is 12.1. The molecule has 3 heteroatoms. The zero-order valence-electron chi connectivity index (χ0n) is 17.0. The molecule has 0 heterocycles. The molecule has 0 aromatic heterocycles. The van der Waals surface area contributed by atoms with Crippen molar-refractivity contribution in [3.05, 3.63) is 53.1 Å². The van der Waals surface area contributed by atoms with E-state index in [1.54, 1.807) is 6.08 Å². The van der Waals surface area contributed by atoms with Gasteiger partial charge in [0.15, 0.2) is 0 Å². The minimum absolute atomic E-state index is 0.307. The highest BCUT2D eigenvalue weighted by Gasteiger charge is 2.61. The van der Waals surface area contributed by atoms with Crippen LogP contribution in [0.25, 0.3) is 0 Å². The summed E-state index contributed by atoms with van der Waals surface area (Å²) >= 11 is 0. The molecule has 0 saturated heterocycles. The van der Waals surface area contributed by atoms with Gasteiger partial charge < -0.3 is 9.64 Å². The first-order valence-corrected chi connectivity index (χ1v) is 10.2. The molecule has 2 saturated carbocycles. The summed E-state index contributed by atoms with van der Waals surface area (Å²) in [5.41, 5.74) is 4.38. The molecule has 0 radical (unpaired) electrons. The van der Waals surface area contributed by atoms with Crippen LogP contribution in [0.1, 0.15) is 50.7 Å². The smallest absolute Gasteiger partial charge is 0.336 e. The molecule has 3 nitrogen and oxygen atoms in total. The van der Waals surface area contributed by atoms with Gasteiger partial charge in [-0.05, 0) is 82.3 Å². The van der Waals surface area contributed by atoms with Crippen molar-refractivity contribution in [3.8, 4) is 5.75 Å².